The Balaban J connectivity index is 1.85. The number of ether oxygens (including phenoxy) is 2. The first kappa shape index (κ1) is 10.9. The fourth-order valence-corrected chi connectivity index (χ4v) is 2.19. The molecule has 1 saturated heterocycles. The molecule has 0 radical (unpaired) electrons. The molecular weight excluding hydrogens is 196 g/mol. The third-order valence-electron chi connectivity index (χ3n) is 3.00. The van der Waals surface area contributed by atoms with E-state index in [1.54, 1.807) is 6.92 Å². The second kappa shape index (κ2) is 4.08. The lowest BCUT2D eigenvalue weighted by Gasteiger charge is -2.22. The number of rotatable bonds is 2. The van der Waals surface area contributed by atoms with E-state index in [0.717, 1.165) is 19.3 Å². The lowest BCUT2D eigenvalue weighted by Crippen LogP contribution is -2.43. The van der Waals surface area contributed by atoms with Crippen LogP contribution < -0.4 is 11.1 Å². The van der Waals surface area contributed by atoms with Crippen molar-refractivity contribution < 1.29 is 14.3 Å². The first-order valence-electron chi connectivity index (χ1n) is 5.45. The zero-order chi connectivity index (χ0) is 10.9. The van der Waals surface area contributed by atoms with E-state index in [2.05, 4.69) is 5.32 Å². The van der Waals surface area contributed by atoms with Gasteiger partial charge in [0.1, 0.15) is 0 Å². The Morgan fingerprint density at radius 2 is 2.20 bits per heavy atom. The highest BCUT2D eigenvalue weighted by atomic mass is 16.7. The quantitative estimate of drug-likeness (QED) is 0.664. The van der Waals surface area contributed by atoms with Gasteiger partial charge in [0, 0.05) is 18.9 Å². The molecule has 0 bridgehead atoms. The molecule has 2 atom stereocenters. The van der Waals surface area contributed by atoms with Gasteiger partial charge in [-0.3, -0.25) is 4.79 Å². The molecule has 2 rings (SSSR count). The first-order chi connectivity index (χ1) is 7.11. The van der Waals surface area contributed by atoms with Gasteiger partial charge in [0.05, 0.1) is 19.3 Å². The number of nitrogens with two attached hydrogens (primary N) is 1. The minimum atomic E-state index is -0.452. The Labute approximate surface area is 89.3 Å². The van der Waals surface area contributed by atoms with Crippen molar-refractivity contribution in [2.45, 2.75) is 44.1 Å². The summed E-state index contributed by atoms with van der Waals surface area (Å²) < 4.78 is 11.1. The summed E-state index contributed by atoms with van der Waals surface area (Å²) in [6, 6.07) is -0.312. The normalized spacial score (nSPS) is 30.7. The van der Waals surface area contributed by atoms with Gasteiger partial charge in [0.2, 0.25) is 5.91 Å². The molecule has 5 heteroatoms. The Morgan fingerprint density at radius 3 is 2.80 bits per heavy atom. The minimum absolute atomic E-state index is 0.102. The van der Waals surface area contributed by atoms with E-state index in [1.165, 1.54) is 0 Å². The highest BCUT2D eigenvalue weighted by molar-refractivity contribution is 5.81. The van der Waals surface area contributed by atoms with Crippen LogP contribution in [0.25, 0.3) is 0 Å². The van der Waals surface area contributed by atoms with Crippen molar-refractivity contribution in [1.82, 2.24) is 5.32 Å². The molecule has 1 heterocycles. The number of carbonyl (C=O) groups is 1. The lowest BCUT2D eigenvalue weighted by molar-refractivity contribution is -0.151. The number of hydrogen-bond acceptors (Lipinski definition) is 4. The molecule has 2 fully saturated rings. The topological polar surface area (TPSA) is 73.6 Å². The largest absolute Gasteiger partial charge is 0.352 e. The molecule has 0 aromatic rings. The van der Waals surface area contributed by atoms with Crippen LogP contribution in [0, 0.1) is 0 Å². The van der Waals surface area contributed by atoms with Gasteiger partial charge in [0.15, 0.2) is 5.79 Å². The predicted octanol–water partition coefficient (Wildman–Crippen LogP) is -0.255. The van der Waals surface area contributed by atoms with Gasteiger partial charge in [-0.05, 0) is 13.3 Å². The van der Waals surface area contributed by atoms with Crippen molar-refractivity contribution in [3.63, 3.8) is 0 Å². The maximum Gasteiger partial charge on any atom is 0.236 e. The molecule has 5 nitrogen and oxygen atoms in total. The zero-order valence-electron chi connectivity index (χ0n) is 8.99. The summed E-state index contributed by atoms with van der Waals surface area (Å²) in [5, 5.41) is 2.91. The van der Waals surface area contributed by atoms with Crippen molar-refractivity contribution in [1.29, 1.82) is 0 Å². The van der Waals surface area contributed by atoms with Crippen molar-refractivity contribution in [2.75, 3.05) is 13.2 Å². The van der Waals surface area contributed by atoms with Gasteiger partial charge in [0.25, 0.3) is 0 Å². The van der Waals surface area contributed by atoms with Gasteiger partial charge in [-0.1, -0.05) is 0 Å². The minimum Gasteiger partial charge on any atom is -0.352 e. The van der Waals surface area contributed by atoms with Crippen LogP contribution in [0.2, 0.25) is 0 Å². The third-order valence-corrected chi connectivity index (χ3v) is 3.00. The van der Waals surface area contributed by atoms with Crippen molar-refractivity contribution >= 4 is 5.91 Å². The molecule has 1 aliphatic heterocycles. The summed E-state index contributed by atoms with van der Waals surface area (Å²) in [6.45, 7) is 3.00. The number of nitrogens with one attached hydrogen (secondary N) is 1. The molecule has 1 amide bonds. The Bertz CT molecular complexity index is 249. The fourth-order valence-electron chi connectivity index (χ4n) is 2.19. The third kappa shape index (κ3) is 2.30. The highest BCUT2D eigenvalue weighted by Gasteiger charge is 2.44. The van der Waals surface area contributed by atoms with Crippen LogP contribution in [-0.4, -0.2) is 37.0 Å². The van der Waals surface area contributed by atoms with Gasteiger partial charge in [-0.2, -0.15) is 0 Å². The van der Waals surface area contributed by atoms with Gasteiger partial charge in [-0.25, -0.2) is 0 Å². The Hall–Kier alpha value is -0.650. The molecule has 3 N–H and O–H groups in total. The molecule has 1 unspecified atom stereocenters. The van der Waals surface area contributed by atoms with Crippen LogP contribution in [0.15, 0.2) is 0 Å². The Kier molecular flexibility index (Phi) is 2.95. The van der Waals surface area contributed by atoms with Gasteiger partial charge >= 0.3 is 0 Å². The molecule has 15 heavy (non-hydrogen) atoms. The first-order valence-corrected chi connectivity index (χ1v) is 5.45. The maximum atomic E-state index is 11.4. The Morgan fingerprint density at radius 1 is 1.53 bits per heavy atom. The molecule has 1 saturated carbocycles. The van der Waals surface area contributed by atoms with Crippen LogP contribution in [0.1, 0.15) is 26.2 Å². The van der Waals surface area contributed by atoms with Crippen molar-refractivity contribution in [3.05, 3.63) is 0 Å². The second-order valence-electron chi connectivity index (χ2n) is 4.34. The van der Waals surface area contributed by atoms with E-state index in [9.17, 15) is 4.79 Å². The standard InChI is InChI=1S/C10H18N2O3/c1-7(11)9(13)12-8-2-3-10(6-8)14-4-5-15-10/h7-8H,2-6,11H2,1H3,(H,12,13)/t7-,8?/m1/s1. The van der Waals surface area contributed by atoms with Crippen LogP contribution >= 0.6 is 0 Å². The molecule has 2 aliphatic rings. The van der Waals surface area contributed by atoms with Crippen LogP contribution in [-0.2, 0) is 14.3 Å². The van der Waals surface area contributed by atoms with E-state index in [1.807, 2.05) is 0 Å². The van der Waals surface area contributed by atoms with Crippen LogP contribution in [0.3, 0.4) is 0 Å². The smallest absolute Gasteiger partial charge is 0.236 e. The summed E-state index contributed by atoms with van der Waals surface area (Å²) in [5.74, 6) is -0.523. The summed E-state index contributed by atoms with van der Waals surface area (Å²) in [4.78, 5) is 11.4. The summed E-state index contributed by atoms with van der Waals surface area (Å²) >= 11 is 0. The molecule has 1 aliphatic carbocycles. The summed E-state index contributed by atoms with van der Waals surface area (Å²) in [7, 11) is 0. The fraction of sp³-hybridized carbons (Fsp3) is 0.900. The number of hydrogen-bond donors (Lipinski definition) is 2. The van der Waals surface area contributed by atoms with Crippen molar-refractivity contribution in [3.8, 4) is 0 Å². The monoisotopic (exact) mass is 214 g/mol. The highest BCUT2D eigenvalue weighted by Crippen LogP contribution is 2.37. The van der Waals surface area contributed by atoms with Gasteiger partial charge < -0.3 is 20.5 Å². The van der Waals surface area contributed by atoms with Crippen LogP contribution in [0.4, 0.5) is 0 Å². The van der Waals surface area contributed by atoms with Crippen molar-refractivity contribution in [2.24, 2.45) is 5.73 Å². The van der Waals surface area contributed by atoms with E-state index >= 15 is 0 Å². The van der Waals surface area contributed by atoms with E-state index in [-0.39, 0.29) is 11.9 Å². The summed E-state index contributed by atoms with van der Waals surface area (Å²) in [5.41, 5.74) is 5.48. The maximum absolute atomic E-state index is 11.4. The average Bonchev–Trinajstić information content (AvgIpc) is 2.78. The predicted molar refractivity (Wildman–Crippen MR) is 54.1 cm³/mol. The molecular formula is C10H18N2O3. The van der Waals surface area contributed by atoms with Gasteiger partial charge in [-0.15, -0.1) is 0 Å². The SMILES string of the molecule is C[C@@H](N)C(=O)NC1CCC2(C1)OCCO2. The second-order valence-corrected chi connectivity index (χ2v) is 4.34. The zero-order valence-corrected chi connectivity index (χ0v) is 8.99. The average molecular weight is 214 g/mol. The molecule has 1 spiro atoms. The van der Waals surface area contributed by atoms with Crippen LogP contribution in [0.5, 0.6) is 0 Å². The van der Waals surface area contributed by atoms with E-state index in [4.69, 9.17) is 15.2 Å². The van der Waals surface area contributed by atoms with E-state index < -0.39 is 11.8 Å². The number of carbonyl (C=O) groups excluding carboxylic acids is 1. The van der Waals surface area contributed by atoms with E-state index in [0.29, 0.717) is 13.2 Å². The molecule has 86 valence electrons. The molecule has 0 aromatic carbocycles. The molecule has 0 aromatic heterocycles. The summed E-state index contributed by atoms with van der Waals surface area (Å²) in [6.07, 6.45) is 2.50. The number of amides is 1. The lowest BCUT2D eigenvalue weighted by atomic mass is 10.2.